The van der Waals surface area contributed by atoms with Crippen LogP contribution < -0.4 is 10.6 Å². The Balaban J connectivity index is 2.05. The number of carbonyl (C=O) groups excluding carboxylic acids is 2. The smallest absolute Gasteiger partial charge is 0.224 e. The van der Waals surface area contributed by atoms with Crippen molar-refractivity contribution in [3.63, 3.8) is 0 Å². The van der Waals surface area contributed by atoms with Crippen molar-refractivity contribution >= 4 is 27.7 Å². The zero-order valence-electron chi connectivity index (χ0n) is 13.6. The van der Waals surface area contributed by atoms with E-state index in [1.54, 1.807) is 0 Å². The first kappa shape index (κ1) is 17.9. The quantitative estimate of drug-likeness (QED) is 0.821. The molecule has 1 aromatic rings. The summed E-state index contributed by atoms with van der Waals surface area (Å²) in [6.45, 7) is 3.38. The molecule has 1 unspecified atom stereocenters. The van der Waals surface area contributed by atoms with Crippen LogP contribution in [-0.2, 0) is 9.59 Å². The third-order valence-electron chi connectivity index (χ3n) is 4.28. The van der Waals surface area contributed by atoms with Crippen molar-refractivity contribution < 1.29 is 9.59 Å². The number of nitrogens with one attached hydrogen (secondary N) is 2. The minimum Gasteiger partial charge on any atom is -0.349 e. The monoisotopic (exact) mass is 381 g/mol. The van der Waals surface area contributed by atoms with Gasteiger partial charge in [0.05, 0.1) is 12.5 Å². The summed E-state index contributed by atoms with van der Waals surface area (Å²) in [6, 6.07) is 7.70. The zero-order valence-corrected chi connectivity index (χ0v) is 15.2. The molecule has 0 spiro atoms. The molecule has 2 amide bonds. The molecule has 23 heavy (non-hydrogen) atoms. The number of halogens is 1. The van der Waals surface area contributed by atoms with E-state index in [0.717, 1.165) is 36.0 Å². The van der Waals surface area contributed by atoms with Gasteiger partial charge in [-0.25, -0.2) is 0 Å². The van der Waals surface area contributed by atoms with E-state index in [2.05, 4.69) is 26.6 Å². The molecule has 0 aliphatic carbocycles. The highest BCUT2D eigenvalue weighted by molar-refractivity contribution is 9.10. The van der Waals surface area contributed by atoms with Crippen LogP contribution in [0.4, 0.5) is 0 Å². The van der Waals surface area contributed by atoms with E-state index in [0.29, 0.717) is 0 Å². The van der Waals surface area contributed by atoms with Crippen LogP contribution in [0, 0.1) is 0 Å². The van der Waals surface area contributed by atoms with Gasteiger partial charge in [-0.15, -0.1) is 0 Å². The number of benzene rings is 1. The lowest BCUT2D eigenvalue weighted by Gasteiger charge is -2.32. The van der Waals surface area contributed by atoms with E-state index in [1.165, 1.54) is 6.92 Å². The van der Waals surface area contributed by atoms with E-state index >= 15 is 0 Å². The third kappa shape index (κ3) is 5.32. The molecule has 0 bridgehead atoms. The first-order valence-corrected chi connectivity index (χ1v) is 8.75. The van der Waals surface area contributed by atoms with Crippen molar-refractivity contribution in [2.45, 2.75) is 38.3 Å². The van der Waals surface area contributed by atoms with Gasteiger partial charge in [0.2, 0.25) is 11.8 Å². The molecule has 2 rings (SSSR count). The molecule has 2 N–H and O–H groups in total. The van der Waals surface area contributed by atoms with Crippen molar-refractivity contribution in [3.8, 4) is 0 Å². The van der Waals surface area contributed by atoms with Crippen molar-refractivity contribution in [1.82, 2.24) is 15.5 Å². The number of piperidine rings is 1. The van der Waals surface area contributed by atoms with Crippen LogP contribution in [0.15, 0.2) is 28.7 Å². The van der Waals surface area contributed by atoms with Gasteiger partial charge in [-0.05, 0) is 43.6 Å². The van der Waals surface area contributed by atoms with E-state index in [-0.39, 0.29) is 30.3 Å². The van der Waals surface area contributed by atoms with Crippen molar-refractivity contribution in [2.75, 3.05) is 20.1 Å². The molecule has 1 aliphatic rings. The summed E-state index contributed by atoms with van der Waals surface area (Å²) >= 11 is 3.40. The van der Waals surface area contributed by atoms with E-state index < -0.39 is 0 Å². The number of amides is 2. The summed E-state index contributed by atoms with van der Waals surface area (Å²) in [5, 5.41) is 6.20. The van der Waals surface area contributed by atoms with E-state index in [4.69, 9.17) is 0 Å². The Kier molecular flexibility index (Phi) is 6.59. The molecule has 0 saturated carbocycles. The molecule has 1 heterocycles. The van der Waals surface area contributed by atoms with Gasteiger partial charge in [-0.1, -0.05) is 28.1 Å². The second-order valence-electron chi connectivity index (χ2n) is 5.99. The SMILES string of the molecule is CC(=O)NC(CC(=O)N(C)C1CCNCC1)c1ccc(Br)cc1. The summed E-state index contributed by atoms with van der Waals surface area (Å²) in [4.78, 5) is 26.0. The predicted molar refractivity (Wildman–Crippen MR) is 94.0 cm³/mol. The van der Waals surface area contributed by atoms with Crippen LogP contribution in [0.5, 0.6) is 0 Å². The van der Waals surface area contributed by atoms with Crippen LogP contribution >= 0.6 is 15.9 Å². The lowest BCUT2D eigenvalue weighted by atomic mass is 10.0. The molecule has 126 valence electrons. The van der Waals surface area contributed by atoms with Crippen LogP contribution in [0.3, 0.4) is 0 Å². The molecular formula is C17H24BrN3O2. The highest BCUT2D eigenvalue weighted by Gasteiger charge is 2.25. The molecule has 1 fully saturated rings. The highest BCUT2D eigenvalue weighted by atomic mass is 79.9. The van der Waals surface area contributed by atoms with Gasteiger partial charge in [0.15, 0.2) is 0 Å². The number of hydrogen-bond acceptors (Lipinski definition) is 3. The van der Waals surface area contributed by atoms with Crippen LogP contribution in [-0.4, -0.2) is 42.9 Å². The largest absolute Gasteiger partial charge is 0.349 e. The van der Waals surface area contributed by atoms with Gasteiger partial charge < -0.3 is 15.5 Å². The van der Waals surface area contributed by atoms with Gasteiger partial charge in [0.25, 0.3) is 0 Å². The minimum absolute atomic E-state index is 0.0681. The number of carbonyl (C=O) groups is 2. The maximum Gasteiger partial charge on any atom is 0.224 e. The van der Waals surface area contributed by atoms with Crippen LogP contribution in [0.1, 0.15) is 37.8 Å². The molecule has 1 aromatic carbocycles. The average molecular weight is 382 g/mol. The summed E-state index contributed by atoms with van der Waals surface area (Å²) in [6.07, 6.45) is 2.23. The van der Waals surface area contributed by atoms with E-state index in [1.807, 2.05) is 36.2 Å². The van der Waals surface area contributed by atoms with Gasteiger partial charge in [-0.3, -0.25) is 9.59 Å². The lowest BCUT2D eigenvalue weighted by Crippen LogP contribution is -2.45. The summed E-state index contributed by atoms with van der Waals surface area (Å²) in [7, 11) is 1.87. The minimum atomic E-state index is -0.294. The maximum atomic E-state index is 12.6. The number of rotatable bonds is 5. The Labute approximate surface area is 145 Å². The second kappa shape index (κ2) is 8.45. The zero-order chi connectivity index (χ0) is 16.8. The Hall–Kier alpha value is -1.40. The Morgan fingerprint density at radius 1 is 1.30 bits per heavy atom. The lowest BCUT2D eigenvalue weighted by molar-refractivity contribution is -0.133. The predicted octanol–water partition coefficient (Wildman–Crippen LogP) is 2.23. The highest BCUT2D eigenvalue weighted by Crippen LogP contribution is 2.22. The van der Waals surface area contributed by atoms with Gasteiger partial charge in [0.1, 0.15) is 0 Å². The summed E-state index contributed by atoms with van der Waals surface area (Å²) in [5.74, 6) is -0.0613. The Morgan fingerprint density at radius 3 is 2.48 bits per heavy atom. The normalized spacial score (nSPS) is 16.7. The van der Waals surface area contributed by atoms with Crippen molar-refractivity contribution in [3.05, 3.63) is 34.3 Å². The Morgan fingerprint density at radius 2 is 1.91 bits per heavy atom. The molecule has 1 saturated heterocycles. The van der Waals surface area contributed by atoms with Gasteiger partial charge >= 0.3 is 0 Å². The molecular weight excluding hydrogens is 358 g/mol. The van der Waals surface area contributed by atoms with Crippen LogP contribution in [0.2, 0.25) is 0 Å². The van der Waals surface area contributed by atoms with Crippen molar-refractivity contribution in [1.29, 1.82) is 0 Å². The molecule has 5 nitrogen and oxygen atoms in total. The van der Waals surface area contributed by atoms with Gasteiger partial charge in [-0.2, -0.15) is 0 Å². The first-order valence-electron chi connectivity index (χ1n) is 7.96. The summed E-state index contributed by atoms with van der Waals surface area (Å²) < 4.78 is 0.973. The third-order valence-corrected chi connectivity index (χ3v) is 4.81. The van der Waals surface area contributed by atoms with Gasteiger partial charge in [0, 0.05) is 24.5 Å². The summed E-state index contributed by atoms with van der Waals surface area (Å²) in [5.41, 5.74) is 0.940. The topological polar surface area (TPSA) is 61.4 Å². The van der Waals surface area contributed by atoms with E-state index in [9.17, 15) is 9.59 Å². The standard InChI is InChI=1S/C17H24BrN3O2/c1-12(22)20-16(13-3-5-14(18)6-4-13)11-17(23)21(2)15-7-9-19-10-8-15/h3-6,15-16,19H,7-11H2,1-2H3,(H,20,22). The molecule has 1 atom stereocenters. The number of nitrogens with zero attached hydrogens (tertiary/aromatic N) is 1. The molecule has 0 radical (unpaired) electrons. The fourth-order valence-corrected chi connectivity index (χ4v) is 3.17. The Bertz CT molecular complexity index is 541. The number of hydrogen-bond donors (Lipinski definition) is 2. The van der Waals surface area contributed by atoms with Crippen LogP contribution in [0.25, 0.3) is 0 Å². The first-order chi connectivity index (χ1) is 11.0. The fourth-order valence-electron chi connectivity index (χ4n) is 2.91. The average Bonchev–Trinajstić information content (AvgIpc) is 2.54. The molecule has 1 aliphatic heterocycles. The maximum absolute atomic E-state index is 12.6. The molecule has 0 aromatic heterocycles. The second-order valence-corrected chi connectivity index (χ2v) is 6.91. The van der Waals surface area contributed by atoms with Crippen molar-refractivity contribution in [2.24, 2.45) is 0 Å². The molecule has 6 heteroatoms. The fraction of sp³-hybridized carbons (Fsp3) is 0.529.